The van der Waals surface area contributed by atoms with Crippen LogP contribution in [0.1, 0.15) is 26.3 Å². The van der Waals surface area contributed by atoms with Gasteiger partial charge in [-0.05, 0) is 26.8 Å². The van der Waals surface area contributed by atoms with Gasteiger partial charge >= 0.3 is 0 Å². The lowest BCUT2D eigenvalue weighted by Gasteiger charge is -2.21. The molecule has 1 rings (SSSR count). The molecule has 0 atom stereocenters. The van der Waals surface area contributed by atoms with E-state index >= 15 is 0 Å². The van der Waals surface area contributed by atoms with Crippen LogP contribution in [-0.4, -0.2) is 17.8 Å². The molecule has 2 N–H and O–H groups in total. The van der Waals surface area contributed by atoms with Crippen molar-refractivity contribution in [2.75, 3.05) is 7.11 Å². The summed E-state index contributed by atoms with van der Waals surface area (Å²) in [4.78, 5) is 0. The van der Waals surface area contributed by atoms with Gasteiger partial charge in [0.15, 0.2) is 0 Å². The Labute approximate surface area is 91.1 Å². The molecule has 0 saturated heterocycles. The van der Waals surface area contributed by atoms with Gasteiger partial charge in [0.2, 0.25) is 0 Å². The van der Waals surface area contributed by atoms with Crippen LogP contribution in [0.3, 0.4) is 0 Å². The van der Waals surface area contributed by atoms with Crippen molar-refractivity contribution >= 4 is 0 Å². The van der Waals surface area contributed by atoms with Gasteiger partial charge in [0.05, 0.1) is 7.11 Å². The van der Waals surface area contributed by atoms with E-state index in [1.165, 1.54) is 0 Å². The molecule has 0 aromatic heterocycles. The van der Waals surface area contributed by atoms with E-state index in [9.17, 15) is 5.11 Å². The number of phenols is 1. The van der Waals surface area contributed by atoms with Gasteiger partial charge in [-0.1, -0.05) is 6.07 Å². The number of benzene rings is 1. The fraction of sp³-hybridized carbons (Fsp3) is 0.500. The molecule has 1 aromatic rings. The number of nitrogens with one attached hydrogen (secondary N) is 1. The number of rotatable bonds is 3. The minimum absolute atomic E-state index is 0.0480. The van der Waals surface area contributed by atoms with Gasteiger partial charge in [0.25, 0.3) is 0 Å². The number of ether oxygens (including phenoxy) is 1. The number of aromatic hydroxyl groups is 1. The fourth-order valence-corrected chi connectivity index (χ4v) is 1.18. The summed E-state index contributed by atoms with van der Waals surface area (Å²) in [5, 5.41) is 13.0. The molecular formula is C12H19NO2. The first kappa shape index (κ1) is 11.9. The molecule has 15 heavy (non-hydrogen) atoms. The van der Waals surface area contributed by atoms with Crippen molar-refractivity contribution < 1.29 is 9.84 Å². The highest BCUT2D eigenvalue weighted by Crippen LogP contribution is 2.23. The minimum Gasteiger partial charge on any atom is -0.507 e. The maximum absolute atomic E-state index is 9.70. The van der Waals surface area contributed by atoms with E-state index in [4.69, 9.17) is 4.74 Å². The molecule has 0 aliphatic heterocycles. The minimum atomic E-state index is 0.0480. The highest BCUT2D eigenvalue weighted by Gasteiger charge is 2.10. The summed E-state index contributed by atoms with van der Waals surface area (Å²) in [5.41, 5.74) is 0.928. The SMILES string of the molecule is COc1ccc(CNC(C)(C)C)c(O)c1. The first-order chi connectivity index (χ1) is 6.92. The van der Waals surface area contributed by atoms with Crippen molar-refractivity contribution in [1.82, 2.24) is 5.32 Å². The lowest BCUT2D eigenvalue weighted by Crippen LogP contribution is -2.35. The number of hydrogen-bond donors (Lipinski definition) is 2. The quantitative estimate of drug-likeness (QED) is 0.802. The predicted molar refractivity (Wildman–Crippen MR) is 61.3 cm³/mol. The van der Waals surface area contributed by atoms with E-state index in [2.05, 4.69) is 26.1 Å². The van der Waals surface area contributed by atoms with Crippen LogP contribution in [0.5, 0.6) is 11.5 Å². The molecule has 0 unspecified atom stereocenters. The Kier molecular flexibility index (Phi) is 3.58. The lowest BCUT2D eigenvalue weighted by molar-refractivity contribution is 0.398. The van der Waals surface area contributed by atoms with Gasteiger partial charge in [0.1, 0.15) is 11.5 Å². The molecule has 0 aliphatic carbocycles. The second kappa shape index (κ2) is 4.53. The average molecular weight is 209 g/mol. The van der Waals surface area contributed by atoms with Crippen LogP contribution < -0.4 is 10.1 Å². The third-order valence-corrected chi connectivity index (χ3v) is 2.10. The van der Waals surface area contributed by atoms with E-state index < -0.39 is 0 Å². The molecule has 3 heteroatoms. The van der Waals surface area contributed by atoms with Crippen molar-refractivity contribution in [3.8, 4) is 11.5 Å². The van der Waals surface area contributed by atoms with E-state index in [0.29, 0.717) is 12.3 Å². The van der Waals surface area contributed by atoms with Crippen LogP contribution in [0.25, 0.3) is 0 Å². The van der Waals surface area contributed by atoms with Gasteiger partial charge < -0.3 is 15.2 Å². The van der Waals surface area contributed by atoms with Gasteiger partial charge in [-0.25, -0.2) is 0 Å². The highest BCUT2D eigenvalue weighted by molar-refractivity contribution is 5.39. The number of methoxy groups -OCH3 is 1. The zero-order valence-corrected chi connectivity index (χ0v) is 9.79. The summed E-state index contributed by atoms with van der Waals surface area (Å²) in [6, 6.07) is 5.34. The summed E-state index contributed by atoms with van der Waals surface area (Å²) in [5.74, 6) is 0.943. The summed E-state index contributed by atoms with van der Waals surface area (Å²) in [7, 11) is 1.59. The summed E-state index contributed by atoms with van der Waals surface area (Å²) in [6.45, 7) is 6.92. The Morgan fingerprint density at radius 1 is 1.33 bits per heavy atom. The van der Waals surface area contributed by atoms with Gasteiger partial charge in [-0.15, -0.1) is 0 Å². The van der Waals surface area contributed by atoms with Crippen molar-refractivity contribution in [2.24, 2.45) is 0 Å². The third kappa shape index (κ3) is 3.80. The normalized spacial score (nSPS) is 11.5. The molecule has 0 radical (unpaired) electrons. The highest BCUT2D eigenvalue weighted by atomic mass is 16.5. The van der Waals surface area contributed by atoms with Crippen LogP contribution in [0.4, 0.5) is 0 Å². The monoisotopic (exact) mass is 209 g/mol. The second-order valence-electron chi connectivity index (χ2n) is 4.60. The van der Waals surface area contributed by atoms with Crippen molar-refractivity contribution in [3.63, 3.8) is 0 Å². The first-order valence-corrected chi connectivity index (χ1v) is 5.03. The van der Waals surface area contributed by atoms with Gasteiger partial charge in [-0.3, -0.25) is 0 Å². The van der Waals surface area contributed by atoms with Crippen molar-refractivity contribution in [1.29, 1.82) is 0 Å². The molecule has 0 fully saturated rings. The second-order valence-corrected chi connectivity index (χ2v) is 4.60. The maximum atomic E-state index is 9.70. The zero-order chi connectivity index (χ0) is 11.5. The Morgan fingerprint density at radius 3 is 2.47 bits per heavy atom. The fourth-order valence-electron chi connectivity index (χ4n) is 1.18. The van der Waals surface area contributed by atoms with Crippen LogP contribution in [-0.2, 0) is 6.54 Å². The van der Waals surface area contributed by atoms with E-state index in [1.807, 2.05) is 12.1 Å². The standard InChI is InChI=1S/C12H19NO2/c1-12(2,3)13-8-9-5-6-10(15-4)7-11(9)14/h5-7,13-14H,8H2,1-4H3. The third-order valence-electron chi connectivity index (χ3n) is 2.10. The molecule has 84 valence electrons. The van der Waals surface area contributed by atoms with Crippen LogP contribution in [0, 0.1) is 0 Å². The molecule has 1 aromatic carbocycles. The smallest absolute Gasteiger partial charge is 0.123 e. The molecule has 0 bridgehead atoms. The molecule has 0 saturated carbocycles. The number of hydrogen-bond acceptors (Lipinski definition) is 3. The van der Waals surface area contributed by atoms with E-state index in [-0.39, 0.29) is 11.3 Å². The molecule has 0 spiro atoms. The Morgan fingerprint density at radius 2 is 2.00 bits per heavy atom. The average Bonchev–Trinajstić information content (AvgIpc) is 2.14. The number of phenolic OH excluding ortho intramolecular Hbond substituents is 1. The summed E-state index contributed by atoms with van der Waals surface area (Å²) < 4.78 is 5.02. The lowest BCUT2D eigenvalue weighted by atomic mass is 10.1. The van der Waals surface area contributed by atoms with Crippen LogP contribution >= 0.6 is 0 Å². The maximum Gasteiger partial charge on any atom is 0.123 e. The molecule has 0 amide bonds. The summed E-state index contributed by atoms with van der Waals surface area (Å²) in [6.07, 6.45) is 0. The zero-order valence-electron chi connectivity index (χ0n) is 9.79. The predicted octanol–water partition coefficient (Wildman–Crippen LogP) is 2.29. The van der Waals surface area contributed by atoms with E-state index in [0.717, 1.165) is 5.56 Å². The van der Waals surface area contributed by atoms with Crippen molar-refractivity contribution in [3.05, 3.63) is 23.8 Å². The van der Waals surface area contributed by atoms with Crippen molar-refractivity contribution in [2.45, 2.75) is 32.9 Å². The molecule has 3 nitrogen and oxygen atoms in total. The molecule has 0 aliphatic rings. The molecular weight excluding hydrogens is 190 g/mol. The Hall–Kier alpha value is -1.22. The topological polar surface area (TPSA) is 41.5 Å². The van der Waals surface area contributed by atoms with Gasteiger partial charge in [0, 0.05) is 23.7 Å². The Bertz CT molecular complexity index is 329. The first-order valence-electron chi connectivity index (χ1n) is 5.03. The van der Waals surface area contributed by atoms with E-state index in [1.54, 1.807) is 13.2 Å². The largest absolute Gasteiger partial charge is 0.507 e. The van der Waals surface area contributed by atoms with Gasteiger partial charge in [-0.2, -0.15) is 0 Å². The van der Waals surface area contributed by atoms with Crippen LogP contribution in [0.15, 0.2) is 18.2 Å². The molecule has 0 heterocycles. The summed E-state index contributed by atoms with van der Waals surface area (Å²) >= 11 is 0. The Balaban J connectivity index is 2.70. The van der Waals surface area contributed by atoms with Crippen LogP contribution in [0.2, 0.25) is 0 Å².